The van der Waals surface area contributed by atoms with Crippen LogP contribution in [0.1, 0.15) is 27.0 Å². The highest BCUT2D eigenvalue weighted by Crippen LogP contribution is 2.14. The smallest absolute Gasteiger partial charge is 0.335 e. The molecule has 0 fully saturated rings. The fourth-order valence-electron chi connectivity index (χ4n) is 2.56. The molecular formula is C22H22ClNO3. The van der Waals surface area contributed by atoms with Gasteiger partial charge in [0.05, 0.1) is 5.56 Å². The summed E-state index contributed by atoms with van der Waals surface area (Å²) in [6.07, 6.45) is 0. The summed E-state index contributed by atoms with van der Waals surface area (Å²) in [5, 5.41) is 12.3. The molecule has 3 aromatic rings. The quantitative estimate of drug-likeness (QED) is 0.593. The van der Waals surface area contributed by atoms with Crippen molar-refractivity contribution in [2.45, 2.75) is 19.7 Å². The van der Waals surface area contributed by atoms with E-state index in [9.17, 15) is 4.79 Å². The van der Waals surface area contributed by atoms with Crippen molar-refractivity contribution in [2.24, 2.45) is 0 Å². The van der Waals surface area contributed by atoms with Gasteiger partial charge in [0.15, 0.2) is 0 Å². The summed E-state index contributed by atoms with van der Waals surface area (Å²) in [4.78, 5) is 10.8. The van der Waals surface area contributed by atoms with E-state index in [-0.39, 0.29) is 12.4 Å². The second-order valence-corrected chi connectivity index (χ2v) is 6.02. The SMILES string of the molecule is Cl.O=C(O)c1ccc(CNCc2ccc(OCc3ccccc3)cc2)cc1. The van der Waals surface area contributed by atoms with Gasteiger partial charge in [-0.3, -0.25) is 0 Å². The van der Waals surface area contributed by atoms with Crippen molar-refractivity contribution in [3.05, 3.63) is 101 Å². The van der Waals surface area contributed by atoms with Crippen molar-refractivity contribution in [1.82, 2.24) is 5.32 Å². The monoisotopic (exact) mass is 383 g/mol. The molecule has 0 unspecified atom stereocenters. The van der Waals surface area contributed by atoms with Crippen LogP contribution in [-0.4, -0.2) is 11.1 Å². The first-order valence-electron chi connectivity index (χ1n) is 8.49. The highest BCUT2D eigenvalue weighted by atomic mass is 35.5. The molecule has 27 heavy (non-hydrogen) atoms. The number of rotatable bonds is 8. The predicted molar refractivity (Wildman–Crippen MR) is 108 cm³/mol. The molecule has 0 aliphatic heterocycles. The second-order valence-electron chi connectivity index (χ2n) is 6.02. The molecule has 0 heterocycles. The molecule has 0 radical (unpaired) electrons. The van der Waals surface area contributed by atoms with Crippen LogP contribution < -0.4 is 10.1 Å². The van der Waals surface area contributed by atoms with Crippen LogP contribution >= 0.6 is 12.4 Å². The zero-order valence-electron chi connectivity index (χ0n) is 14.8. The van der Waals surface area contributed by atoms with Crippen molar-refractivity contribution in [1.29, 1.82) is 0 Å². The maximum Gasteiger partial charge on any atom is 0.335 e. The lowest BCUT2D eigenvalue weighted by Crippen LogP contribution is -2.12. The molecule has 0 aliphatic rings. The number of carboxylic acids is 1. The Labute approximate surface area is 165 Å². The molecule has 0 aliphatic carbocycles. The number of hydrogen-bond donors (Lipinski definition) is 2. The Kier molecular flexibility index (Phi) is 7.86. The summed E-state index contributed by atoms with van der Waals surface area (Å²) in [7, 11) is 0. The van der Waals surface area contributed by atoms with Crippen molar-refractivity contribution in [3.8, 4) is 5.75 Å². The standard InChI is InChI=1S/C22H21NO3.ClH/c24-22(25)20-10-6-17(7-11-20)14-23-15-18-8-12-21(13-9-18)26-16-19-4-2-1-3-5-19;/h1-13,23H,14-16H2,(H,24,25);1H. The van der Waals surface area contributed by atoms with Gasteiger partial charge in [-0.05, 0) is 41.0 Å². The van der Waals surface area contributed by atoms with E-state index in [1.165, 1.54) is 5.56 Å². The van der Waals surface area contributed by atoms with E-state index >= 15 is 0 Å². The number of hydrogen-bond acceptors (Lipinski definition) is 3. The first-order chi connectivity index (χ1) is 12.7. The molecule has 0 saturated heterocycles. The number of aromatic carboxylic acids is 1. The number of carboxylic acid groups (broad SMARTS) is 1. The summed E-state index contributed by atoms with van der Waals surface area (Å²) >= 11 is 0. The zero-order chi connectivity index (χ0) is 18.2. The van der Waals surface area contributed by atoms with Gasteiger partial charge in [-0.2, -0.15) is 0 Å². The van der Waals surface area contributed by atoms with E-state index in [1.54, 1.807) is 12.1 Å². The maximum atomic E-state index is 10.8. The fraction of sp³-hybridized carbons (Fsp3) is 0.136. The Bertz CT molecular complexity index is 834. The van der Waals surface area contributed by atoms with E-state index < -0.39 is 5.97 Å². The van der Waals surface area contributed by atoms with Crippen LogP contribution in [0.4, 0.5) is 0 Å². The molecule has 3 rings (SSSR count). The summed E-state index contributed by atoms with van der Waals surface area (Å²) in [5.74, 6) is -0.0547. The highest BCUT2D eigenvalue weighted by molar-refractivity contribution is 5.87. The van der Waals surface area contributed by atoms with Crippen molar-refractivity contribution in [3.63, 3.8) is 0 Å². The first-order valence-corrected chi connectivity index (χ1v) is 8.49. The van der Waals surface area contributed by atoms with E-state index in [2.05, 4.69) is 5.32 Å². The van der Waals surface area contributed by atoms with Gasteiger partial charge in [0.2, 0.25) is 0 Å². The number of halogens is 1. The Morgan fingerprint density at radius 3 is 1.89 bits per heavy atom. The lowest BCUT2D eigenvalue weighted by molar-refractivity contribution is 0.0697. The van der Waals surface area contributed by atoms with Crippen molar-refractivity contribution >= 4 is 18.4 Å². The molecule has 140 valence electrons. The zero-order valence-corrected chi connectivity index (χ0v) is 15.6. The molecule has 3 aromatic carbocycles. The summed E-state index contributed by atoms with van der Waals surface area (Å²) in [6, 6.07) is 25.0. The lowest BCUT2D eigenvalue weighted by Gasteiger charge is -2.08. The normalized spacial score (nSPS) is 10.1. The fourth-order valence-corrected chi connectivity index (χ4v) is 2.56. The van der Waals surface area contributed by atoms with Crippen molar-refractivity contribution < 1.29 is 14.6 Å². The third-order valence-electron chi connectivity index (χ3n) is 4.03. The minimum absolute atomic E-state index is 0. The minimum atomic E-state index is -0.904. The molecule has 5 heteroatoms. The molecule has 2 N–H and O–H groups in total. The number of nitrogens with one attached hydrogen (secondary N) is 1. The minimum Gasteiger partial charge on any atom is -0.489 e. The van der Waals surface area contributed by atoms with Crippen LogP contribution in [0.25, 0.3) is 0 Å². The lowest BCUT2D eigenvalue weighted by atomic mass is 10.1. The molecule has 0 amide bonds. The van der Waals surface area contributed by atoms with Gasteiger partial charge < -0.3 is 15.2 Å². The van der Waals surface area contributed by atoms with Crippen LogP contribution in [-0.2, 0) is 19.7 Å². The Morgan fingerprint density at radius 1 is 0.778 bits per heavy atom. The number of ether oxygens (including phenoxy) is 1. The first kappa shape index (κ1) is 20.5. The summed E-state index contributed by atoms with van der Waals surface area (Å²) in [6.45, 7) is 1.98. The molecule has 0 spiro atoms. The molecule has 4 nitrogen and oxygen atoms in total. The molecular weight excluding hydrogens is 362 g/mol. The Morgan fingerprint density at radius 2 is 1.33 bits per heavy atom. The van der Waals surface area contributed by atoms with Gasteiger partial charge in [0.25, 0.3) is 0 Å². The number of carbonyl (C=O) groups is 1. The van der Waals surface area contributed by atoms with Gasteiger partial charge in [0.1, 0.15) is 12.4 Å². The van der Waals surface area contributed by atoms with Crippen LogP contribution in [0.15, 0.2) is 78.9 Å². The molecule has 0 saturated carbocycles. The third kappa shape index (κ3) is 6.44. The summed E-state index contributed by atoms with van der Waals surface area (Å²) < 4.78 is 5.78. The maximum absolute atomic E-state index is 10.8. The van der Waals surface area contributed by atoms with Gasteiger partial charge in [-0.25, -0.2) is 4.79 Å². The highest BCUT2D eigenvalue weighted by Gasteiger charge is 2.02. The van der Waals surface area contributed by atoms with E-state index in [0.29, 0.717) is 18.7 Å². The third-order valence-corrected chi connectivity index (χ3v) is 4.03. The van der Waals surface area contributed by atoms with E-state index in [1.807, 2.05) is 66.7 Å². The largest absolute Gasteiger partial charge is 0.489 e. The van der Waals surface area contributed by atoms with E-state index in [0.717, 1.165) is 23.4 Å². The Hall–Kier alpha value is -2.82. The molecule has 0 bridgehead atoms. The van der Waals surface area contributed by atoms with Crippen LogP contribution in [0.5, 0.6) is 5.75 Å². The van der Waals surface area contributed by atoms with Crippen molar-refractivity contribution in [2.75, 3.05) is 0 Å². The molecule has 0 aromatic heterocycles. The van der Waals surface area contributed by atoms with Crippen LogP contribution in [0.3, 0.4) is 0 Å². The topological polar surface area (TPSA) is 58.6 Å². The second kappa shape index (κ2) is 10.4. The average molecular weight is 384 g/mol. The van der Waals surface area contributed by atoms with Crippen LogP contribution in [0, 0.1) is 0 Å². The Balaban J connectivity index is 0.00000261. The average Bonchev–Trinajstić information content (AvgIpc) is 2.68. The number of benzene rings is 3. The van der Waals surface area contributed by atoms with Gasteiger partial charge in [0, 0.05) is 13.1 Å². The van der Waals surface area contributed by atoms with Gasteiger partial charge in [-0.15, -0.1) is 12.4 Å². The predicted octanol–water partition coefficient (Wildman–Crippen LogP) is 4.68. The van der Waals surface area contributed by atoms with Gasteiger partial charge in [-0.1, -0.05) is 54.6 Å². The van der Waals surface area contributed by atoms with Crippen LogP contribution in [0.2, 0.25) is 0 Å². The van der Waals surface area contributed by atoms with E-state index in [4.69, 9.17) is 9.84 Å². The molecule has 0 atom stereocenters. The summed E-state index contributed by atoms with van der Waals surface area (Å²) in [5.41, 5.74) is 3.67. The van der Waals surface area contributed by atoms with Gasteiger partial charge >= 0.3 is 5.97 Å².